The molecule has 0 radical (unpaired) electrons. The highest BCUT2D eigenvalue weighted by Gasteiger charge is 2.32. The van der Waals surface area contributed by atoms with Crippen molar-refractivity contribution in [2.75, 3.05) is 45.3 Å². The number of ether oxygens (including phenoxy) is 3. The third kappa shape index (κ3) is 8.36. The molecule has 236 valence electrons. The average molecular weight is 606 g/mol. The molecule has 0 unspecified atom stereocenters. The zero-order chi connectivity index (χ0) is 30.4. The number of anilines is 1. The van der Waals surface area contributed by atoms with Gasteiger partial charge in [-0.05, 0) is 75.0 Å². The smallest absolute Gasteiger partial charge is 0.406 e. The van der Waals surface area contributed by atoms with E-state index in [1.54, 1.807) is 19.2 Å². The highest BCUT2D eigenvalue weighted by atomic mass is 19.4. The Labute approximate surface area is 250 Å². The van der Waals surface area contributed by atoms with Gasteiger partial charge in [-0.15, -0.1) is 13.2 Å². The van der Waals surface area contributed by atoms with Crippen LogP contribution in [0, 0.1) is 12.8 Å². The van der Waals surface area contributed by atoms with Crippen LogP contribution in [0.1, 0.15) is 72.5 Å². The molecule has 1 aromatic heterocycles. The van der Waals surface area contributed by atoms with E-state index < -0.39 is 6.36 Å². The van der Waals surface area contributed by atoms with E-state index >= 15 is 0 Å². The second-order valence-corrected chi connectivity index (χ2v) is 11.9. The Balaban J connectivity index is 1.12. The van der Waals surface area contributed by atoms with Gasteiger partial charge in [0.25, 0.3) is 5.91 Å². The maximum atomic E-state index is 13.5. The molecule has 2 saturated heterocycles. The lowest BCUT2D eigenvalue weighted by molar-refractivity contribution is -0.274. The number of amides is 1. The van der Waals surface area contributed by atoms with Crippen LogP contribution in [0.2, 0.25) is 0 Å². The number of benzene rings is 1. The van der Waals surface area contributed by atoms with Crippen molar-refractivity contribution >= 4 is 11.7 Å². The molecular weight excluding hydrogens is 563 g/mol. The SMILES string of the molecule is CO[C@@H]1COCC[C@@H]1NC1CCN(C(=O)c2ncnc(NC[C@@H]3CCC[C@H](c4ccc(OC(F)(F)F)cc4)C3)c2C)CC1. The third-order valence-electron chi connectivity index (χ3n) is 9.05. The zero-order valence-corrected chi connectivity index (χ0v) is 24.9. The predicted molar refractivity (Wildman–Crippen MR) is 155 cm³/mol. The summed E-state index contributed by atoms with van der Waals surface area (Å²) in [4.78, 5) is 24.1. The van der Waals surface area contributed by atoms with Gasteiger partial charge in [-0.3, -0.25) is 4.79 Å². The van der Waals surface area contributed by atoms with Gasteiger partial charge in [0.05, 0.1) is 12.7 Å². The summed E-state index contributed by atoms with van der Waals surface area (Å²) in [6, 6.07) is 6.83. The predicted octanol–water partition coefficient (Wildman–Crippen LogP) is 5.07. The van der Waals surface area contributed by atoms with E-state index in [1.165, 1.54) is 18.5 Å². The number of methoxy groups -OCH3 is 1. The molecule has 1 aliphatic carbocycles. The summed E-state index contributed by atoms with van der Waals surface area (Å²) < 4.78 is 52.6. The molecule has 3 fully saturated rings. The standard InChI is InChI=1S/C31H42F3N5O4/c1-20-28(30(40)39-13-10-24(11-14-39)38-26-12-15-42-18-27(26)41-2)36-19-37-29(20)35-17-21-4-3-5-23(16-21)22-6-8-25(9-7-22)43-31(32,33)34/h6-9,19,21,23-24,26-27,38H,3-5,10-18H2,1-2H3,(H,35,36,37)/t21-,23+,26+,27-/m1/s1. The van der Waals surface area contributed by atoms with E-state index in [1.807, 2.05) is 11.8 Å². The first-order valence-electron chi connectivity index (χ1n) is 15.3. The first-order chi connectivity index (χ1) is 20.7. The number of likely N-dealkylation sites (tertiary alicyclic amines) is 1. The number of aromatic nitrogens is 2. The number of carbonyl (C=O) groups is 1. The summed E-state index contributed by atoms with van der Waals surface area (Å²) in [6.45, 7) is 5.25. The zero-order valence-electron chi connectivity index (χ0n) is 24.9. The molecule has 4 atom stereocenters. The van der Waals surface area contributed by atoms with Gasteiger partial charge in [-0.2, -0.15) is 0 Å². The van der Waals surface area contributed by atoms with Crippen molar-refractivity contribution in [3.8, 4) is 5.75 Å². The summed E-state index contributed by atoms with van der Waals surface area (Å²) in [6.07, 6.45) is 3.47. The van der Waals surface area contributed by atoms with Gasteiger partial charge >= 0.3 is 6.36 Å². The van der Waals surface area contributed by atoms with Crippen LogP contribution in [0.15, 0.2) is 30.6 Å². The highest BCUT2D eigenvalue weighted by Crippen LogP contribution is 2.37. The summed E-state index contributed by atoms with van der Waals surface area (Å²) in [5.41, 5.74) is 2.19. The molecule has 1 aromatic carbocycles. The lowest BCUT2D eigenvalue weighted by atomic mass is 9.78. The van der Waals surface area contributed by atoms with Crippen molar-refractivity contribution in [2.45, 2.75) is 82.3 Å². The molecule has 3 aliphatic rings. The van der Waals surface area contributed by atoms with Crippen LogP contribution in [0.5, 0.6) is 5.75 Å². The number of rotatable bonds is 9. The number of halogens is 3. The highest BCUT2D eigenvalue weighted by molar-refractivity contribution is 5.94. The van der Waals surface area contributed by atoms with Crippen molar-refractivity contribution in [2.24, 2.45) is 5.92 Å². The van der Waals surface area contributed by atoms with E-state index in [-0.39, 0.29) is 29.7 Å². The van der Waals surface area contributed by atoms with E-state index in [2.05, 4.69) is 25.3 Å². The summed E-state index contributed by atoms with van der Waals surface area (Å²) >= 11 is 0. The number of alkyl halides is 3. The molecule has 2 N–H and O–H groups in total. The molecule has 0 bridgehead atoms. The lowest BCUT2D eigenvalue weighted by Gasteiger charge is -2.38. The van der Waals surface area contributed by atoms with Gasteiger partial charge < -0.3 is 29.7 Å². The van der Waals surface area contributed by atoms with Gasteiger partial charge in [0.2, 0.25) is 0 Å². The Kier molecular flexibility index (Phi) is 10.4. The molecule has 1 amide bonds. The van der Waals surface area contributed by atoms with Gasteiger partial charge in [0, 0.05) is 51.0 Å². The number of hydrogen-bond acceptors (Lipinski definition) is 8. The first-order valence-corrected chi connectivity index (χ1v) is 15.3. The maximum absolute atomic E-state index is 13.5. The van der Waals surface area contributed by atoms with E-state index in [4.69, 9.17) is 9.47 Å². The summed E-state index contributed by atoms with van der Waals surface area (Å²) in [7, 11) is 1.72. The van der Waals surface area contributed by atoms with Crippen molar-refractivity contribution in [3.05, 3.63) is 47.4 Å². The average Bonchev–Trinajstić information content (AvgIpc) is 3.01. The number of hydrogen-bond donors (Lipinski definition) is 2. The lowest BCUT2D eigenvalue weighted by Crippen LogP contribution is -2.54. The van der Waals surface area contributed by atoms with Gasteiger partial charge in [-0.1, -0.05) is 18.6 Å². The minimum absolute atomic E-state index is 0.0517. The summed E-state index contributed by atoms with van der Waals surface area (Å²) in [5.74, 6) is 1.03. The fraction of sp³-hybridized carbons (Fsp3) is 0.645. The second-order valence-electron chi connectivity index (χ2n) is 11.9. The van der Waals surface area contributed by atoms with Crippen LogP contribution in [-0.4, -0.2) is 85.3 Å². The van der Waals surface area contributed by atoms with Gasteiger partial charge in [0.15, 0.2) is 0 Å². The van der Waals surface area contributed by atoms with E-state index in [9.17, 15) is 18.0 Å². The Morgan fingerprint density at radius 2 is 1.86 bits per heavy atom. The number of nitrogens with one attached hydrogen (secondary N) is 2. The minimum Gasteiger partial charge on any atom is -0.406 e. The maximum Gasteiger partial charge on any atom is 0.573 e. The van der Waals surface area contributed by atoms with Crippen LogP contribution in [0.3, 0.4) is 0 Å². The second kappa shape index (κ2) is 14.2. The van der Waals surface area contributed by atoms with E-state index in [0.717, 1.165) is 62.7 Å². The fourth-order valence-electron chi connectivity index (χ4n) is 6.64. The molecule has 3 heterocycles. The Morgan fingerprint density at radius 1 is 1.09 bits per heavy atom. The number of piperidine rings is 1. The molecule has 12 heteroatoms. The van der Waals surface area contributed by atoms with Crippen LogP contribution in [-0.2, 0) is 9.47 Å². The third-order valence-corrected chi connectivity index (χ3v) is 9.05. The molecule has 43 heavy (non-hydrogen) atoms. The van der Waals surface area contributed by atoms with Crippen LogP contribution in [0.25, 0.3) is 0 Å². The van der Waals surface area contributed by atoms with Crippen LogP contribution < -0.4 is 15.4 Å². The Hall–Kier alpha value is -2.96. The van der Waals surface area contributed by atoms with E-state index in [0.29, 0.717) is 49.7 Å². The molecule has 0 spiro atoms. The molecule has 2 aliphatic heterocycles. The summed E-state index contributed by atoms with van der Waals surface area (Å²) in [5, 5.41) is 7.18. The van der Waals surface area contributed by atoms with Crippen molar-refractivity contribution in [3.63, 3.8) is 0 Å². The molecule has 1 saturated carbocycles. The fourth-order valence-corrected chi connectivity index (χ4v) is 6.64. The monoisotopic (exact) mass is 605 g/mol. The Bertz CT molecular complexity index is 1210. The molecular formula is C31H42F3N5O4. The van der Waals surface area contributed by atoms with Gasteiger partial charge in [0.1, 0.15) is 23.6 Å². The number of carbonyl (C=O) groups excluding carboxylic acids is 1. The molecule has 5 rings (SSSR count). The normalized spacial score (nSPS) is 25.4. The first kappa shape index (κ1) is 31.5. The molecule has 2 aromatic rings. The van der Waals surface area contributed by atoms with Crippen molar-refractivity contribution in [1.29, 1.82) is 0 Å². The van der Waals surface area contributed by atoms with Crippen molar-refractivity contribution < 1.29 is 32.2 Å². The van der Waals surface area contributed by atoms with Crippen molar-refractivity contribution in [1.82, 2.24) is 20.2 Å². The van der Waals surface area contributed by atoms with Crippen LogP contribution in [0.4, 0.5) is 19.0 Å². The largest absolute Gasteiger partial charge is 0.573 e. The van der Waals surface area contributed by atoms with Crippen LogP contribution >= 0.6 is 0 Å². The number of nitrogens with zero attached hydrogens (tertiary/aromatic N) is 3. The quantitative estimate of drug-likeness (QED) is 0.409. The topological polar surface area (TPSA) is 97.8 Å². The molecule has 9 nitrogen and oxygen atoms in total. The van der Waals surface area contributed by atoms with Gasteiger partial charge in [-0.25, -0.2) is 9.97 Å². The minimum atomic E-state index is -4.69. The Morgan fingerprint density at radius 3 is 2.58 bits per heavy atom.